The van der Waals surface area contributed by atoms with Crippen LogP contribution in [0.2, 0.25) is 0 Å². The minimum Gasteiger partial charge on any atom is -0.396 e. The molecule has 21 heavy (non-hydrogen) atoms. The summed E-state index contributed by atoms with van der Waals surface area (Å²) in [6, 6.07) is 9.50. The lowest BCUT2D eigenvalue weighted by Crippen LogP contribution is -2.21. The van der Waals surface area contributed by atoms with Crippen molar-refractivity contribution in [2.45, 2.75) is 13.0 Å². The third-order valence-corrected chi connectivity index (χ3v) is 3.31. The minimum atomic E-state index is -0.228. The second-order valence-electron chi connectivity index (χ2n) is 4.73. The average Bonchev–Trinajstić information content (AvgIpc) is 2.92. The Hall–Kier alpha value is -2.54. The van der Waals surface area contributed by atoms with Crippen LogP contribution in [0, 0.1) is 0 Å². The van der Waals surface area contributed by atoms with Crippen LogP contribution in [-0.4, -0.2) is 36.3 Å². The molecule has 0 unspecified atom stereocenters. The lowest BCUT2D eigenvalue weighted by molar-refractivity contribution is 0.277. The number of hydrogen-bond acceptors (Lipinski definition) is 5. The molecule has 0 saturated heterocycles. The highest BCUT2D eigenvalue weighted by Gasteiger charge is 2.15. The van der Waals surface area contributed by atoms with E-state index in [2.05, 4.69) is 15.3 Å². The first kappa shape index (κ1) is 13.4. The molecule has 3 rings (SSSR count). The van der Waals surface area contributed by atoms with E-state index in [4.69, 9.17) is 5.11 Å². The summed E-state index contributed by atoms with van der Waals surface area (Å²) in [5.74, 6) is 0.570. The summed E-state index contributed by atoms with van der Waals surface area (Å²) in [6.45, 7) is 0.527. The Morgan fingerprint density at radius 2 is 2.00 bits per heavy atom. The van der Waals surface area contributed by atoms with E-state index in [1.54, 1.807) is 11.7 Å². The van der Waals surface area contributed by atoms with Gasteiger partial charge in [-0.25, -0.2) is 9.67 Å². The lowest BCUT2D eigenvalue weighted by Gasteiger charge is -2.07. The van der Waals surface area contributed by atoms with Crippen LogP contribution in [0.4, 0.5) is 0 Å². The molecule has 0 aliphatic rings. The molecule has 0 atom stereocenters. The van der Waals surface area contributed by atoms with Gasteiger partial charge in [0.15, 0.2) is 11.2 Å². The van der Waals surface area contributed by atoms with Crippen LogP contribution >= 0.6 is 0 Å². The quantitative estimate of drug-likeness (QED) is 0.757. The first-order chi connectivity index (χ1) is 10.2. The van der Waals surface area contributed by atoms with E-state index in [9.17, 15) is 4.79 Å². The van der Waals surface area contributed by atoms with Crippen molar-refractivity contribution >= 4 is 11.2 Å². The Labute approximate surface area is 120 Å². The van der Waals surface area contributed by atoms with Crippen molar-refractivity contribution in [1.82, 2.24) is 24.5 Å². The fourth-order valence-electron chi connectivity index (χ4n) is 2.20. The van der Waals surface area contributed by atoms with Crippen molar-refractivity contribution in [2.24, 2.45) is 7.05 Å². The number of nitrogens with zero attached hydrogens (tertiary/aromatic N) is 5. The van der Waals surface area contributed by atoms with Gasteiger partial charge in [0.2, 0.25) is 0 Å². The second-order valence-corrected chi connectivity index (χ2v) is 4.73. The average molecular weight is 285 g/mol. The first-order valence-corrected chi connectivity index (χ1v) is 6.69. The van der Waals surface area contributed by atoms with Crippen molar-refractivity contribution in [2.75, 3.05) is 6.61 Å². The maximum Gasteiger partial charge on any atom is 0.283 e. The lowest BCUT2D eigenvalue weighted by atomic mass is 10.2. The summed E-state index contributed by atoms with van der Waals surface area (Å²) in [7, 11) is 1.67. The van der Waals surface area contributed by atoms with Crippen LogP contribution in [0.3, 0.4) is 0 Å². The van der Waals surface area contributed by atoms with Crippen molar-refractivity contribution in [3.8, 4) is 11.4 Å². The molecule has 3 aromatic rings. The van der Waals surface area contributed by atoms with E-state index in [1.165, 1.54) is 4.57 Å². The summed E-state index contributed by atoms with van der Waals surface area (Å²) in [4.78, 5) is 16.9. The largest absolute Gasteiger partial charge is 0.396 e. The van der Waals surface area contributed by atoms with Crippen molar-refractivity contribution in [3.63, 3.8) is 0 Å². The Bertz CT molecular complexity index is 822. The van der Waals surface area contributed by atoms with E-state index in [1.807, 2.05) is 30.3 Å². The van der Waals surface area contributed by atoms with E-state index in [0.717, 1.165) is 5.56 Å². The zero-order valence-electron chi connectivity index (χ0n) is 11.6. The number of hydrogen-bond donors (Lipinski definition) is 1. The van der Waals surface area contributed by atoms with Gasteiger partial charge in [0.1, 0.15) is 5.82 Å². The van der Waals surface area contributed by atoms with E-state index >= 15 is 0 Å². The van der Waals surface area contributed by atoms with Crippen LogP contribution in [0.15, 0.2) is 35.1 Å². The molecule has 0 aliphatic carbocycles. The third kappa shape index (κ3) is 2.31. The molecule has 1 N–H and O–H groups in total. The van der Waals surface area contributed by atoms with Gasteiger partial charge < -0.3 is 5.11 Å². The standard InChI is InChI=1S/C14H15N5O2/c1-18-12(10-6-3-2-4-7-10)15-13-11(14(18)21)16-17-19(13)8-5-9-20/h2-4,6-7,20H,5,8-9H2,1H3. The topological polar surface area (TPSA) is 85.8 Å². The summed E-state index contributed by atoms with van der Waals surface area (Å²) in [5.41, 5.74) is 1.32. The number of rotatable bonds is 4. The van der Waals surface area contributed by atoms with Crippen molar-refractivity contribution in [3.05, 3.63) is 40.7 Å². The van der Waals surface area contributed by atoms with Gasteiger partial charge in [-0.15, -0.1) is 5.10 Å². The van der Waals surface area contributed by atoms with E-state index < -0.39 is 0 Å². The summed E-state index contributed by atoms with van der Waals surface area (Å²) < 4.78 is 3.03. The number of benzene rings is 1. The van der Waals surface area contributed by atoms with Gasteiger partial charge in [0, 0.05) is 25.8 Å². The molecule has 0 saturated carbocycles. The number of aryl methyl sites for hydroxylation is 1. The van der Waals surface area contributed by atoms with Crippen LogP contribution in [0.25, 0.3) is 22.6 Å². The molecular weight excluding hydrogens is 270 g/mol. The highest BCUT2D eigenvalue weighted by atomic mass is 16.3. The van der Waals surface area contributed by atoms with Gasteiger partial charge in [-0.3, -0.25) is 9.36 Å². The van der Waals surface area contributed by atoms with Gasteiger partial charge >= 0.3 is 0 Å². The number of fused-ring (bicyclic) bond motifs is 1. The molecule has 0 spiro atoms. The fraction of sp³-hybridized carbons (Fsp3) is 0.286. The molecule has 2 aromatic heterocycles. The van der Waals surface area contributed by atoms with Gasteiger partial charge in [-0.05, 0) is 6.42 Å². The summed E-state index contributed by atoms with van der Waals surface area (Å²) in [5, 5.41) is 16.8. The van der Waals surface area contributed by atoms with Crippen LogP contribution in [-0.2, 0) is 13.6 Å². The zero-order valence-corrected chi connectivity index (χ0v) is 11.6. The van der Waals surface area contributed by atoms with Gasteiger partial charge in [-0.2, -0.15) is 0 Å². The Morgan fingerprint density at radius 1 is 1.24 bits per heavy atom. The van der Waals surface area contributed by atoms with Crippen molar-refractivity contribution in [1.29, 1.82) is 0 Å². The maximum absolute atomic E-state index is 12.4. The molecular formula is C14H15N5O2. The predicted octanol–water partition coefficient (Wildman–Crippen LogP) is 0.574. The first-order valence-electron chi connectivity index (χ1n) is 6.69. The molecule has 0 bridgehead atoms. The van der Waals surface area contributed by atoms with Gasteiger partial charge in [-0.1, -0.05) is 35.5 Å². The SMILES string of the molecule is Cn1c(-c2ccccc2)nc2c(nnn2CCCO)c1=O. The smallest absolute Gasteiger partial charge is 0.283 e. The Kier molecular flexibility index (Phi) is 3.49. The highest BCUT2D eigenvalue weighted by Crippen LogP contribution is 2.16. The summed E-state index contributed by atoms with van der Waals surface area (Å²) in [6.07, 6.45) is 0.538. The molecule has 108 valence electrons. The molecule has 0 amide bonds. The number of aliphatic hydroxyl groups is 1. The molecule has 1 aromatic carbocycles. The molecule has 0 radical (unpaired) electrons. The number of aromatic nitrogens is 5. The van der Waals surface area contributed by atoms with E-state index in [-0.39, 0.29) is 17.7 Å². The second kappa shape index (κ2) is 5.45. The Balaban J connectivity index is 2.22. The van der Waals surface area contributed by atoms with Crippen LogP contribution in [0.1, 0.15) is 6.42 Å². The number of aliphatic hydroxyl groups excluding tert-OH is 1. The van der Waals surface area contributed by atoms with Crippen molar-refractivity contribution < 1.29 is 5.11 Å². The zero-order chi connectivity index (χ0) is 14.8. The predicted molar refractivity (Wildman–Crippen MR) is 77.7 cm³/mol. The van der Waals surface area contributed by atoms with E-state index in [0.29, 0.717) is 24.4 Å². The minimum absolute atomic E-state index is 0.0533. The normalized spacial score (nSPS) is 11.1. The molecule has 0 fully saturated rings. The van der Waals surface area contributed by atoms with Crippen LogP contribution in [0.5, 0.6) is 0 Å². The highest BCUT2D eigenvalue weighted by molar-refractivity contribution is 5.72. The molecule has 7 heteroatoms. The molecule has 7 nitrogen and oxygen atoms in total. The van der Waals surface area contributed by atoms with Gasteiger partial charge in [0.05, 0.1) is 0 Å². The summed E-state index contributed by atoms with van der Waals surface area (Å²) >= 11 is 0. The van der Waals surface area contributed by atoms with Gasteiger partial charge in [0.25, 0.3) is 5.56 Å². The van der Waals surface area contributed by atoms with Crippen LogP contribution < -0.4 is 5.56 Å². The molecule has 0 aliphatic heterocycles. The fourth-order valence-corrected chi connectivity index (χ4v) is 2.20. The maximum atomic E-state index is 12.4. The third-order valence-electron chi connectivity index (χ3n) is 3.31. The Morgan fingerprint density at radius 3 is 2.71 bits per heavy atom. The molecule has 2 heterocycles. The monoisotopic (exact) mass is 285 g/mol.